The molecule has 5 rings (SSSR count). The zero-order valence-corrected chi connectivity index (χ0v) is 18.1. The minimum absolute atomic E-state index is 0.0518. The number of thioether (sulfide) groups is 1. The quantitative estimate of drug-likeness (QED) is 0.235. The normalized spacial score (nSPS) is 13.1. The Kier molecular flexibility index (Phi) is 4.92. The number of hydrogen-bond acceptors (Lipinski definition) is 6. The fraction of sp³-hybridized carbons (Fsp3) is 0.0833. The van der Waals surface area contributed by atoms with E-state index in [9.17, 15) is 14.4 Å². The SMILES string of the molecule is Cc1ccc(C(=O)CSc2nc3ccc(N4C(=O)c5ccccc5C4=O)cc3s2)cc1. The summed E-state index contributed by atoms with van der Waals surface area (Å²) in [7, 11) is 0. The number of imide groups is 1. The minimum atomic E-state index is -0.317. The molecule has 0 spiro atoms. The van der Waals surface area contributed by atoms with Crippen LogP contribution in [0.2, 0.25) is 0 Å². The van der Waals surface area contributed by atoms with Crippen LogP contribution in [0.15, 0.2) is 71.1 Å². The van der Waals surface area contributed by atoms with Crippen LogP contribution in [0.3, 0.4) is 0 Å². The van der Waals surface area contributed by atoms with Gasteiger partial charge >= 0.3 is 0 Å². The number of aromatic nitrogens is 1. The van der Waals surface area contributed by atoms with Gasteiger partial charge in [0.25, 0.3) is 11.8 Å². The smallest absolute Gasteiger partial charge is 0.266 e. The maximum absolute atomic E-state index is 12.7. The molecule has 0 unspecified atom stereocenters. The summed E-state index contributed by atoms with van der Waals surface area (Å²) in [5, 5.41) is 0. The Labute approximate surface area is 186 Å². The van der Waals surface area contributed by atoms with Crippen LogP contribution in [0.25, 0.3) is 10.2 Å². The molecular formula is C24H16N2O3S2. The monoisotopic (exact) mass is 444 g/mol. The van der Waals surface area contributed by atoms with E-state index < -0.39 is 0 Å². The zero-order chi connectivity index (χ0) is 21.5. The molecule has 0 saturated heterocycles. The standard InChI is InChI=1S/C24H16N2O3S2/c1-14-6-8-15(9-7-14)20(27)13-30-24-25-19-11-10-16(12-21(19)31-24)26-22(28)17-4-2-3-5-18(17)23(26)29/h2-12H,13H2,1H3. The third kappa shape index (κ3) is 3.56. The summed E-state index contributed by atoms with van der Waals surface area (Å²) in [6.07, 6.45) is 0. The van der Waals surface area contributed by atoms with Crippen molar-refractivity contribution in [1.82, 2.24) is 4.98 Å². The lowest BCUT2D eigenvalue weighted by atomic mass is 10.1. The molecule has 0 bridgehead atoms. The molecule has 0 saturated carbocycles. The number of aryl methyl sites for hydroxylation is 1. The van der Waals surface area contributed by atoms with Crippen molar-refractivity contribution in [3.63, 3.8) is 0 Å². The van der Waals surface area contributed by atoms with E-state index in [1.54, 1.807) is 42.5 Å². The van der Waals surface area contributed by atoms with Crippen molar-refractivity contribution < 1.29 is 14.4 Å². The molecule has 5 nitrogen and oxygen atoms in total. The molecule has 0 radical (unpaired) electrons. The third-order valence-electron chi connectivity index (χ3n) is 5.10. The lowest BCUT2D eigenvalue weighted by Crippen LogP contribution is -2.29. The molecule has 31 heavy (non-hydrogen) atoms. The molecule has 7 heteroatoms. The first kappa shape index (κ1) is 19.7. The number of fused-ring (bicyclic) bond motifs is 2. The van der Waals surface area contributed by atoms with Gasteiger partial charge in [0.1, 0.15) is 0 Å². The Hall–Kier alpha value is -3.29. The summed E-state index contributed by atoms with van der Waals surface area (Å²) in [6.45, 7) is 1.99. The second-order valence-corrected chi connectivity index (χ2v) is 9.45. The molecule has 0 N–H and O–H groups in total. The Bertz CT molecular complexity index is 1320. The predicted octanol–water partition coefficient (Wildman–Crippen LogP) is 5.38. The predicted molar refractivity (Wildman–Crippen MR) is 123 cm³/mol. The summed E-state index contributed by atoms with van der Waals surface area (Å²) in [5.74, 6) is -0.282. The molecule has 2 amide bonds. The summed E-state index contributed by atoms with van der Waals surface area (Å²) >= 11 is 2.84. The Morgan fingerprint density at radius 3 is 2.32 bits per heavy atom. The fourth-order valence-electron chi connectivity index (χ4n) is 3.47. The average molecular weight is 445 g/mol. The lowest BCUT2D eigenvalue weighted by Gasteiger charge is -2.13. The van der Waals surface area contributed by atoms with Crippen molar-refractivity contribution >= 4 is 56.6 Å². The van der Waals surface area contributed by atoms with Gasteiger partial charge in [0.15, 0.2) is 10.1 Å². The van der Waals surface area contributed by atoms with Gasteiger partial charge in [-0.3, -0.25) is 14.4 Å². The fourth-order valence-corrected chi connectivity index (χ4v) is 5.46. The van der Waals surface area contributed by atoms with Gasteiger partial charge in [0, 0.05) is 5.56 Å². The van der Waals surface area contributed by atoms with E-state index in [0.29, 0.717) is 28.1 Å². The molecule has 0 fully saturated rings. The molecule has 1 aliphatic rings. The van der Waals surface area contributed by atoms with E-state index in [0.717, 1.165) is 20.1 Å². The van der Waals surface area contributed by atoms with Crippen molar-refractivity contribution in [2.24, 2.45) is 0 Å². The number of benzene rings is 3. The van der Waals surface area contributed by atoms with E-state index in [-0.39, 0.29) is 17.6 Å². The zero-order valence-electron chi connectivity index (χ0n) is 16.5. The maximum Gasteiger partial charge on any atom is 0.266 e. The van der Waals surface area contributed by atoms with Crippen LogP contribution in [0.5, 0.6) is 0 Å². The van der Waals surface area contributed by atoms with Crippen molar-refractivity contribution in [3.05, 3.63) is 89.0 Å². The first-order chi connectivity index (χ1) is 15.0. The van der Waals surface area contributed by atoms with E-state index >= 15 is 0 Å². The van der Waals surface area contributed by atoms with Crippen LogP contribution in [0.4, 0.5) is 5.69 Å². The molecule has 4 aromatic rings. The van der Waals surface area contributed by atoms with Gasteiger partial charge in [-0.25, -0.2) is 9.88 Å². The summed E-state index contributed by atoms with van der Waals surface area (Å²) in [5.41, 5.74) is 3.94. The van der Waals surface area contributed by atoms with Gasteiger partial charge in [0.05, 0.1) is 32.8 Å². The van der Waals surface area contributed by atoms with E-state index in [1.807, 2.05) is 31.2 Å². The van der Waals surface area contributed by atoms with Crippen molar-refractivity contribution in [2.75, 3.05) is 10.7 Å². The summed E-state index contributed by atoms with van der Waals surface area (Å²) in [6, 6.07) is 19.7. The number of nitrogens with zero attached hydrogens (tertiary/aromatic N) is 2. The number of anilines is 1. The highest BCUT2D eigenvalue weighted by Gasteiger charge is 2.36. The molecule has 152 valence electrons. The van der Waals surface area contributed by atoms with E-state index in [2.05, 4.69) is 4.98 Å². The second kappa shape index (κ2) is 7.76. The van der Waals surface area contributed by atoms with E-state index in [4.69, 9.17) is 0 Å². The van der Waals surface area contributed by atoms with Gasteiger partial charge in [-0.05, 0) is 37.3 Å². The van der Waals surface area contributed by atoms with Crippen molar-refractivity contribution in [3.8, 4) is 0 Å². The van der Waals surface area contributed by atoms with Crippen molar-refractivity contribution in [2.45, 2.75) is 11.3 Å². The highest BCUT2D eigenvalue weighted by Crippen LogP contribution is 2.35. The largest absolute Gasteiger partial charge is 0.293 e. The summed E-state index contributed by atoms with van der Waals surface area (Å²) < 4.78 is 1.63. The average Bonchev–Trinajstić information content (AvgIpc) is 3.30. The van der Waals surface area contributed by atoms with Gasteiger partial charge in [0.2, 0.25) is 0 Å². The van der Waals surface area contributed by atoms with Gasteiger partial charge in [-0.1, -0.05) is 53.7 Å². The highest BCUT2D eigenvalue weighted by atomic mass is 32.2. The number of hydrogen-bond donors (Lipinski definition) is 0. The molecular weight excluding hydrogens is 428 g/mol. The number of ketones is 1. The maximum atomic E-state index is 12.7. The number of Topliss-reactive ketones (excluding diaryl/α,β-unsaturated/α-hetero) is 1. The van der Waals surface area contributed by atoms with Crippen LogP contribution in [0, 0.1) is 6.92 Å². The Balaban J connectivity index is 1.36. The Morgan fingerprint density at radius 1 is 0.968 bits per heavy atom. The summed E-state index contributed by atoms with van der Waals surface area (Å²) in [4.78, 5) is 43.7. The molecule has 3 aromatic carbocycles. The van der Waals surface area contributed by atoms with Crippen LogP contribution < -0.4 is 4.90 Å². The minimum Gasteiger partial charge on any atom is -0.293 e. The van der Waals surface area contributed by atoms with Gasteiger partial charge in [-0.15, -0.1) is 11.3 Å². The van der Waals surface area contributed by atoms with Crippen LogP contribution in [-0.2, 0) is 0 Å². The molecule has 2 heterocycles. The lowest BCUT2D eigenvalue weighted by molar-refractivity contribution is 0.0925. The number of amides is 2. The topological polar surface area (TPSA) is 67.3 Å². The molecule has 0 atom stereocenters. The third-order valence-corrected chi connectivity index (χ3v) is 7.27. The molecule has 1 aromatic heterocycles. The second-order valence-electron chi connectivity index (χ2n) is 7.20. The van der Waals surface area contributed by atoms with Crippen LogP contribution >= 0.6 is 23.1 Å². The molecule has 1 aliphatic heterocycles. The van der Waals surface area contributed by atoms with Gasteiger partial charge < -0.3 is 0 Å². The van der Waals surface area contributed by atoms with Gasteiger partial charge in [-0.2, -0.15) is 0 Å². The van der Waals surface area contributed by atoms with Crippen molar-refractivity contribution in [1.29, 1.82) is 0 Å². The highest BCUT2D eigenvalue weighted by molar-refractivity contribution is 8.01. The van der Waals surface area contributed by atoms with E-state index in [1.165, 1.54) is 28.0 Å². The first-order valence-corrected chi connectivity index (χ1v) is 11.4. The molecule has 0 aliphatic carbocycles. The first-order valence-electron chi connectivity index (χ1n) is 9.62. The number of carbonyl (C=O) groups excluding carboxylic acids is 3. The van der Waals surface area contributed by atoms with Crippen LogP contribution in [-0.4, -0.2) is 28.3 Å². The van der Waals surface area contributed by atoms with Crippen LogP contribution in [0.1, 0.15) is 36.6 Å². The number of rotatable bonds is 5. The number of carbonyl (C=O) groups is 3. The number of thiazole rings is 1. The Morgan fingerprint density at radius 2 is 1.65 bits per heavy atom.